The lowest BCUT2D eigenvalue weighted by Gasteiger charge is -2.32. The summed E-state index contributed by atoms with van der Waals surface area (Å²) in [5.74, 6) is -1.12. The van der Waals surface area contributed by atoms with E-state index in [1.54, 1.807) is 30.3 Å². The fourth-order valence-corrected chi connectivity index (χ4v) is 4.49. The van der Waals surface area contributed by atoms with E-state index >= 15 is 0 Å². The number of nitrogens with zero attached hydrogens (tertiary/aromatic N) is 2. The minimum Gasteiger partial charge on any atom is -0.497 e. The number of aromatic amines is 1. The Balaban J connectivity index is 2.16. The SMILES string of the molecule is COc1ccc(C(=O)N(c2[nH]c(=O)ncc2C=CBr)[C@@H]2O[C@H](COC(C)=O)[C@H](Br)[C@H]2OC(C)=O)cc1. The summed E-state index contributed by atoms with van der Waals surface area (Å²) in [6.07, 6.45) is -0.155. The highest BCUT2D eigenvalue weighted by Crippen LogP contribution is 2.36. The number of methoxy groups -OCH3 is 1. The molecule has 0 saturated carbocycles. The average molecular weight is 629 g/mol. The topological polar surface area (TPSA) is 137 Å². The van der Waals surface area contributed by atoms with Crippen LogP contribution in [0.5, 0.6) is 5.75 Å². The summed E-state index contributed by atoms with van der Waals surface area (Å²) in [6.45, 7) is 2.31. The molecule has 36 heavy (non-hydrogen) atoms. The lowest BCUT2D eigenvalue weighted by Crippen LogP contribution is -2.49. The molecule has 1 amide bonds. The van der Waals surface area contributed by atoms with Gasteiger partial charge in [0.05, 0.1) is 11.9 Å². The van der Waals surface area contributed by atoms with E-state index in [2.05, 4.69) is 41.8 Å². The standard InChI is InChI=1S/C23H23Br2N3O8/c1-12(29)34-11-17-18(25)19(35-13(2)30)22(36-17)28(20-15(8-9-24)10-26-23(32)27-20)21(31)14-4-6-16(33-3)7-5-14/h4-10,17-19,22H,11H2,1-3H3,(H,26,27,32)/t17-,18+,19-,22-/m1/s1. The van der Waals surface area contributed by atoms with Gasteiger partial charge in [0.2, 0.25) is 0 Å². The van der Waals surface area contributed by atoms with E-state index in [0.717, 1.165) is 0 Å². The van der Waals surface area contributed by atoms with E-state index < -0.39 is 46.8 Å². The first kappa shape index (κ1) is 27.6. The average Bonchev–Trinajstić information content (AvgIpc) is 3.14. The minimum atomic E-state index is -1.21. The van der Waals surface area contributed by atoms with Crippen molar-refractivity contribution in [2.45, 2.75) is 37.1 Å². The quantitative estimate of drug-likeness (QED) is 0.345. The van der Waals surface area contributed by atoms with Gasteiger partial charge >= 0.3 is 17.6 Å². The maximum absolute atomic E-state index is 13.9. The number of benzene rings is 1. The van der Waals surface area contributed by atoms with E-state index in [0.29, 0.717) is 11.3 Å². The molecule has 0 bridgehead atoms. The molecule has 192 valence electrons. The van der Waals surface area contributed by atoms with Gasteiger partial charge in [-0.2, -0.15) is 0 Å². The third kappa shape index (κ3) is 6.39. The number of alkyl halides is 1. The summed E-state index contributed by atoms with van der Waals surface area (Å²) in [5.41, 5.74) is -0.104. The van der Waals surface area contributed by atoms with Crippen LogP contribution < -0.4 is 15.3 Å². The molecule has 11 nitrogen and oxygen atoms in total. The van der Waals surface area contributed by atoms with Gasteiger partial charge in [0, 0.05) is 31.2 Å². The first-order chi connectivity index (χ1) is 17.2. The molecule has 0 unspecified atom stereocenters. The molecule has 1 aliphatic heterocycles. The van der Waals surface area contributed by atoms with Crippen molar-refractivity contribution >= 4 is 61.6 Å². The Hall–Kier alpha value is -3.03. The van der Waals surface area contributed by atoms with Crippen molar-refractivity contribution in [2.75, 3.05) is 18.6 Å². The lowest BCUT2D eigenvalue weighted by molar-refractivity contribution is -0.148. The Morgan fingerprint density at radius 1 is 1.19 bits per heavy atom. The zero-order chi connectivity index (χ0) is 26.4. The van der Waals surface area contributed by atoms with Gasteiger partial charge in [-0.05, 0) is 35.3 Å². The molecule has 1 aliphatic rings. The summed E-state index contributed by atoms with van der Waals surface area (Å²) in [4.78, 5) is 57.9. The highest BCUT2D eigenvalue weighted by molar-refractivity contribution is 9.11. The molecular weight excluding hydrogens is 606 g/mol. The number of aromatic nitrogens is 2. The number of hydrogen-bond donors (Lipinski definition) is 1. The number of amides is 1. The fourth-order valence-electron chi connectivity index (χ4n) is 3.55. The zero-order valence-electron chi connectivity index (χ0n) is 19.5. The molecule has 0 spiro atoms. The maximum Gasteiger partial charge on any atom is 0.346 e. The molecule has 13 heteroatoms. The Bertz CT molecular complexity index is 1200. The van der Waals surface area contributed by atoms with Crippen LogP contribution in [0.15, 0.2) is 40.2 Å². The van der Waals surface area contributed by atoms with Gasteiger partial charge in [-0.3, -0.25) is 24.3 Å². The summed E-state index contributed by atoms with van der Waals surface area (Å²) in [7, 11) is 1.50. The predicted molar refractivity (Wildman–Crippen MR) is 136 cm³/mol. The van der Waals surface area contributed by atoms with E-state index in [4.69, 9.17) is 18.9 Å². The Labute approximate surface area is 223 Å². The van der Waals surface area contributed by atoms with Crippen molar-refractivity contribution < 1.29 is 33.3 Å². The number of ether oxygens (including phenoxy) is 4. The van der Waals surface area contributed by atoms with Crippen molar-refractivity contribution in [2.24, 2.45) is 0 Å². The molecule has 1 N–H and O–H groups in total. The van der Waals surface area contributed by atoms with Crippen molar-refractivity contribution in [3.63, 3.8) is 0 Å². The van der Waals surface area contributed by atoms with Gasteiger partial charge in [0.15, 0.2) is 12.3 Å². The van der Waals surface area contributed by atoms with E-state index in [1.807, 2.05) is 0 Å². The summed E-state index contributed by atoms with van der Waals surface area (Å²) in [6, 6.07) is 6.31. The minimum absolute atomic E-state index is 0.0570. The van der Waals surface area contributed by atoms with Gasteiger partial charge in [0.1, 0.15) is 24.3 Å². The Morgan fingerprint density at radius 3 is 2.47 bits per heavy atom. The number of rotatable bonds is 8. The molecule has 2 aromatic rings. The van der Waals surface area contributed by atoms with Crippen LogP contribution in [0.4, 0.5) is 5.82 Å². The molecule has 0 radical (unpaired) electrons. The second-order valence-corrected chi connectivity index (χ2v) is 9.16. The number of carbonyl (C=O) groups excluding carboxylic acids is 3. The molecule has 1 saturated heterocycles. The molecule has 1 fully saturated rings. The number of carbonyl (C=O) groups is 3. The van der Waals surface area contributed by atoms with Gasteiger partial charge in [-0.25, -0.2) is 9.78 Å². The smallest absolute Gasteiger partial charge is 0.346 e. The van der Waals surface area contributed by atoms with Gasteiger partial charge < -0.3 is 18.9 Å². The molecule has 1 aromatic heterocycles. The molecule has 1 aromatic carbocycles. The summed E-state index contributed by atoms with van der Waals surface area (Å²) < 4.78 is 21.9. The Kier molecular flexibility index (Phi) is 9.40. The van der Waals surface area contributed by atoms with Crippen LogP contribution in [-0.2, 0) is 23.8 Å². The van der Waals surface area contributed by atoms with Gasteiger partial charge in [-0.1, -0.05) is 31.9 Å². The van der Waals surface area contributed by atoms with Crippen molar-refractivity contribution in [1.29, 1.82) is 0 Å². The molecule has 2 heterocycles. The summed E-state index contributed by atoms with van der Waals surface area (Å²) in [5, 5.41) is 0. The Morgan fingerprint density at radius 2 is 1.89 bits per heavy atom. The number of nitrogens with one attached hydrogen (secondary N) is 1. The van der Waals surface area contributed by atoms with Crippen molar-refractivity contribution in [3.05, 3.63) is 57.1 Å². The van der Waals surface area contributed by atoms with Gasteiger partial charge in [0.25, 0.3) is 5.91 Å². The second-order valence-electron chi connectivity index (χ2n) is 7.57. The van der Waals surface area contributed by atoms with Crippen molar-refractivity contribution in [1.82, 2.24) is 9.97 Å². The second kappa shape index (κ2) is 12.3. The number of anilines is 1. The number of esters is 2. The monoisotopic (exact) mass is 627 g/mol. The molecule has 4 atom stereocenters. The van der Waals surface area contributed by atoms with E-state index in [9.17, 15) is 19.2 Å². The number of H-pyrrole nitrogens is 1. The first-order valence-corrected chi connectivity index (χ1v) is 12.4. The number of hydrogen-bond acceptors (Lipinski definition) is 9. The van der Waals surface area contributed by atoms with E-state index in [1.165, 1.54) is 37.0 Å². The lowest BCUT2D eigenvalue weighted by atomic mass is 10.1. The van der Waals surface area contributed by atoms with Crippen LogP contribution in [0.2, 0.25) is 0 Å². The molecular formula is C23H23Br2N3O8. The maximum atomic E-state index is 13.9. The normalized spacial score (nSPS) is 21.2. The molecule has 0 aliphatic carbocycles. The highest BCUT2D eigenvalue weighted by atomic mass is 79.9. The third-order valence-electron chi connectivity index (χ3n) is 5.13. The number of halogens is 2. The van der Waals surface area contributed by atoms with Crippen LogP contribution in [0, 0.1) is 0 Å². The summed E-state index contributed by atoms with van der Waals surface area (Å²) >= 11 is 6.66. The molecule has 3 rings (SSSR count). The third-order valence-corrected chi connectivity index (χ3v) is 6.51. The van der Waals surface area contributed by atoms with Gasteiger partial charge in [-0.15, -0.1) is 0 Å². The van der Waals surface area contributed by atoms with Crippen LogP contribution in [0.1, 0.15) is 29.8 Å². The van der Waals surface area contributed by atoms with Crippen LogP contribution in [0.3, 0.4) is 0 Å². The van der Waals surface area contributed by atoms with Crippen LogP contribution in [0.25, 0.3) is 6.08 Å². The first-order valence-electron chi connectivity index (χ1n) is 10.6. The zero-order valence-corrected chi connectivity index (χ0v) is 22.6. The fraction of sp³-hybridized carbons (Fsp3) is 0.348. The largest absolute Gasteiger partial charge is 0.497 e. The van der Waals surface area contributed by atoms with Crippen LogP contribution in [-0.4, -0.2) is 64.8 Å². The predicted octanol–water partition coefficient (Wildman–Crippen LogP) is 2.77. The van der Waals surface area contributed by atoms with E-state index in [-0.39, 0.29) is 18.0 Å². The van der Waals surface area contributed by atoms with Crippen molar-refractivity contribution in [3.8, 4) is 5.75 Å². The van der Waals surface area contributed by atoms with Crippen LogP contribution >= 0.6 is 31.9 Å². The highest BCUT2D eigenvalue weighted by Gasteiger charge is 2.51.